The quantitative estimate of drug-likeness (QED) is 0.262. The van der Waals surface area contributed by atoms with Gasteiger partial charge in [0.05, 0.1) is 55.1 Å². The number of esters is 1. The van der Waals surface area contributed by atoms with Crippen molar-refractivity contribution in [2.45, 2.75) is 164 Å². The summed E-state index contributed by atoms with van der Waals surface area (Å²) in [5.74, 6) is -4.56. The van der Waals surface area contributed by atoms with Gasteiger partial charge in [0.1, 0.15) is 47.8 Å². The average Bonchev–Trinajstić information content (AvgIpc) is 3.60. The van der Waals surface area contributed by atoms with Crippen LogP contribution in [-0.2, 0) is 62.0 Å². The van der Waals surface area contributed by atoms with Gasteiger partial charge in [0, 0.05) is 45.8 Å². The molecule has 1 aromatic carbocycles. The number of benzene rings is 1. The maximum absolute atomic E-state index is 14.4. The second kappa shape index (κ2) is 19.6. The van der Waals surface area contributed by atoms with Crippen molar-refractivity contribution >= 4 is 15.8 Å². The number of sulfone groups is 1. The Morgan fingerprint density at radius 1 is 0.862 bits per heavy atom. The van der Waals surface area contributed by atoms with Crippen LogP contribution in [0.2, 0.25) is 0 Å². The van der Waals surface area contributed by atoms with Crippen LogP contribution < -0.4 is 0 Å². The van der Waals surface area contributed by atoms with E-state index in [0.29, 0.717) is 36.0 Å². The van der Waals surface area contributed by atoms with E-state index in [4.69, 9.17) is 47.4 Å². The number of carbonyl (C=O) groups excluding carboxylic acids is 1. The fraction of sp³-hybridized carbons (Fsp3) is 0.688. The first-order chi connectivity index (χ1) is 30.9. The highest BCUT2D eigenvalue weighted by atomic mass is 32.2. The first-order valence-electron chi connectivity index (χ1n) is 22.8. The summed E-state index contributed by atoms with van der Waals surface area (Å²) in [6.07, 6.45) is 0.347. The van der Waals surface area contributed by atoms with Crippen LogP contribution >= 0.6 is 0 Å². The third kappa shape index (κ3) is 10.1. The lowest BCUT2D eigenvalue weighted by atomic mass is 9.71. The van der Waals surface area contributed by atoms with Gasteiger partial charge in [-0.25, -0.2) is 8.42 Å². The fourth-order valence-corrected chi connectivity index (χ4v) is 12.5. The molecule has 3 N–H and O–H groups in total. The van der Waals surface area contributed by atoms with E-state index in [2.05, 4.69) is 0 Å². The molecule has 18 atom stereocenters. The number of rotatable bonds is 7. The van der Waals surface area contributed by atoms with Gasteiger partial charge in [0.15, 0.2) is 28.2 Å². The third-order valence-electron chi connectivity index (χ3n) is 14.2. The molecular formula is C48H66O16S. The van der Waals surface area contributed by atoms with Crippen molar-refractivity contribution in [1.82, 2.24) is 0 Å². The molecule has 0 unspecified atom stereocenters. The Bertz CT molecular complexity index is 2090. The zero-order valence-electron chi connectivity index (χ0n) is 38.2. The standard InChI is InChI=1S/C48H66O16S/c1-26-12-11-15-32-23-57-45-41(49)28(3)18-35(48(32,45)52)46(51)60-34-19-33(63-47(22-34)25-65(53,54)24-38(64-47)31-13-9-8-10-14-31)17-16-27(2)43(26)61-40-21-37(56-7)44(30(5)59-40)62-39-20-36(55-6)42(50)29(4)58-39/h8-16,18,26,29-30,33-45,49-50,52H,17,19-25H2,1-7H3/b12-11+,27-16+,32-15+/t26-,29-,30-,33+,34-,35-,36-,37-,38-,39-,40-,41+,42-,43-,44-,45+,47-,48+/m0/s1. The molecule has 0 amide bonds. The van der Waals surface area contributed by atoms with Crippen LogP contribution in [-0.4, -0.2) is 153 Å². The van der Waals surface area contributed by atoms with Crippen LogP contribution in [0.1, 0.15) is 78.4 Å². The Hall–Kier alpha value is -2.88. The van der Waals surface area contributed by atoms with Gasteiger partial charge in [-0.3, -0.25) is 4.79 Å². The van der Waals surface area contributed by atoms with Gasteiger partial charge in [-0.05, 0) is 56.4 Å². The lowest BCUT2D eigenvalue weighted by Crippen LogP contribution is -2.59. The molecule has 6 aliphatic heterocycles. The van der Waals surface area contributed by atoms with Gasteiger partial charge < -0.3 is 62.7 Å². The summed E-state index contributed by atoms with van der Waals surface area (Å²) in [6, 6.07) is 9.11. The van der Waals surface area contributed by atoms with Gasteiger partial charge in [-0.1, -0.05) is 67.6 Å². The number of hydrogen-bond acceptors (Lipinski definition) is 16. The predicted octanol–water partition coefficient (Wildman–Crippen LogP) is 3.93. The molecule has 0 radical (unpaired) electrons. The van der Waals surface area contributed by atoms with Crippen molar-refractivity contribution < 1.29 is 75.9 Å². The smallest absolute Gasteiger partial charge is 0.316 e. The van der Waals surface area contributed by atoms with Crippen LogP contribution in [0.25, 0.3) is 0 Å². The van der Waals surface area contributed by atoms with Crippen LogP contribution in [0.15, 0.2) is 77.4 Å². The molecule has 17 heteroatoms. The van der Waals surface area contributed by atoms with E-state index in [1.54, 1.807) is 40.2 Å². The average molecular weight is 931 g/mol. The molecule has 2 bridgehead atoms. The summed E-state index contributed by atoms with van der Waals surface area (Å²) in [6.45, 7) is 9.26. The fourth-order valence-electron chi connectivity index (χ4n) is 10.7. The number of aliphatic hydroxyl groups is 3. The van der Waals surface area contributed by atoms with Gasteiger partial charge in [0.25, 0.3) is 0 Å². The third-order valence-corrected chi connectivity index (χ3v) is 15.9. The summed E-state index contributed by atoms with van der Waals surface area (Å²) in [5, 5.41) is 34.2. The van der Waals surface area contributed by atoms with E-state index in [1.165, 1.54) is 6.08 Å². The monoisotopic (exact) mass is 930 g/mol. The maximum Gasteiger partial charge on any atom is 0.316 e. The zero-order chi connectivity index (χ0) is 46.4. The molecule has 6 heterocycles. The molecule has 1 aliphatic carbocycles. The van der Waals surface area contributed by atoms with Gasteiger partial charge >= 0.3 is 5.97 Å². The van der Waals surface area contributed by atoms with Crippen molar-refractivity contribution in [2.75, 3.05) is 32.3 Å². The number of ether oxygens (including phenoxy) is 10. The summed E-state index contributed by atoms with van der Waals surface area (Å²) in [4.78, 5) is 14.4. The number of methoxy groups -OCH3 is 2. The Labute approximate surface area is 381 Å². The van der Waals surface area contributed by atoms with Crippen molar-refractivity contribution in [2.24, 2.45) is 11.8 Å². The molecule has 1 aromatic rings. The molecule has 7 aliphatic rings. The van der Waals surface area contributed by atoms with Crippen LogP contribution in [0.3, 0.4) is 0 Å². The minimum absolute atomic E-state index is 0.0390. The molecule has 360 valence electrons. The summed E-state index contributed by atoms with van der Waals surface area (Å²) < 4.78 is 90.4. The Morgan fingerprint density at radius 2 is 1.57 bits per heavy atom. The highest BCUT2D eigenvalue weighted by molar-refractivity contribution is 7.91. The number of carbonyl (C=O) groups is 1. The molecule has 0 saturated carbocycles. The van der Waals surface area contributed by atoms with Crippen LogP contribution in [0.4, 0.5) is 0 Å². The lowest BCUT2D eigenvalue weighted by Gasteiger charge is -2.48. The van der Waals surface area contributed by atoms with Gasteiger partial charge in [-0.2, -0.15) is 0 Å². The van der Waals surface area contributed by atoms with Gasteiger partial charge in [0.2, 0.25) is 0 Å². The minimum atomic E-state index is -3.72. The molecule has 5 fully saturated rings. The Kier molecular flexibility index (Phi) is 14.7. The molecule has 0 aromatic heterocycles. The normalized spacial score (nSPS) is 46.7. The highest BCUT2D eigenvalue weighted by Gasteiger charge is 2.60. The summed E-state index contributed by atoms with van der Waals surface area (Å²) in [5.41, 5.74) is 0.431. The Morgan fingerprint density at radius 3 is 2.31 bits per heavy atom. The van der Waals surface area contributed by atoms with Gasteiger partial charge in [-0.15, -0.1) is 0 Å². The first-order valence-corrected chi connectivity index (χ1v) is 24.7. The Balaban J connectivity index is 1.10. The minimum Gasteiger partial charge on any atom is -0.462 e. The highest BCUT2D eigenvalue weighted by Crippen LogP contribution is 2.47. The van der Waals surface area contributed by atoms with Crippen molar-refractivity contribution in [3.8, 4) is 0 Å². The SMILES string of the molecule is CO[C@H]1C[C@H](O[C@H]2[C@H](C)O[C@@H](O[C@@H]3/C(C)=C/C[C@@H]4C[C@@H](C[C@]5(CS(=O)(=O)C[C@@H](c6ccccc6)O5)O4)OC(=O)[C@@H]4C=C(C)[C@@H](O)[C@H]5OC/C(=C\C=C\[C@@H]3C)[C@]54O)C[C@@H]2OC)O[C@@H](C)[C@@H]1O. The second-order valence-corrected chi connectivity index (χ2v) is 21.0. The maximum atomic E-state index is 14.4. The topological polar surface area (TPSA) is 204 Å². The second-order valence-electron chi connectivity index (χ2n) is 18.9. The van der Waals surface area contributed by atoms with Crippen LogP contribution in [0.5, 0.6) is 0 Å². The predicted molar refractivity (Wildman–Crippen MR) is 234 cm³/mol. The molecule has 5 saturated heterocycles. The van der Waals surface area contributed by atoms with Crippen LogP contribution in [0, 0.1) is 11.8 Å². The molecule has 16 nitrogen and oxygen atoms in total. The molecule has 65 heavy (non-hydrogen) atoms. The van der Waals surface area contributed by atoms with E-state index < -0.39 is 125 Å². The van der Waals surface area contributed by atoms with Crippen molar-refractivity contribution in [3.05, 3.63) is 83.0 Å². The van der Waals surface area contributed by atoms with Crippen molar-refractivity contribution in [3.63, 3.8) is 0 Å². The van der Waals surface area contributed by atoms with E-state index in [-0.39, 0.29) is 31.1 Å². The number of aliphatic hydroxyl groups excluding tert-OH is 2. The number of hydrogen-bond donors (Lipinski definition) is 3. The first kappa shape index (κ1) is 48.6. The van der Waals surface area contributed by atoms with E-state index in [9.17, 15) is 28.5 Å². The summed E-state index contributed by atoms with van der Waals surface area (Å²) >= 11 is 0. The largest absolute Gasteiger partial charge is 0.462 e. The van der Waals surface area contributed by atoms with Crippen molar-refractivity contribution in [1.29, 1.82) is 0 Å². The van der Waals surface area contributed by atoms with E-state index in [1.807, 2.05) is 63.3 Å². The van der Waals surface area contributed by atoms with E-state index >= 15 is 0 Å². The zero-order valence-corrected chi connectivity index (χ0v) is 39.0. The number of allylic oxidation sites excluding steroid dienone is 2. The number of fused-ring (bicyclic) bond motifs is 2. The molecular weight excluding hydrogens is 865 g/mol. The molecule has 1 spiro atoms. The summed E-state index contributed by atoms with van der Waals surface area (Å²) in [7, 11) is -0.554. The van der Waals surface area contributed by atoms with E-state index in [0.717, 1.165) is 5.57 Å². The molecule has 8 rings (SSSR count). The lowest BCUT2D eigenvalue weighted by molar-refractivity contribution is -0.318.